The van der Waals surface area contributed by atoms with E-state index in [1.807, 2.05) is 4.90 Å². The maximum Gasteiger partial charge on any atom is 0.254 e. The molecule has 2 aromatic carbocycles. The molecule has 0 radical (unpaired) electrons. The van der Waals surface area contributed by atoms with Gasteiger partial charge in [0.15, 0.2) is 17.3 Å². The van der Waals surface area contributed by atoms with Gasteiger partial charge in [-0.2, -0.15) is 4.98 Å². The molecule has 1 aliphatic heterocycles. The first-order valence-corrected chi connectivity index (χ1v) is 13.3. The average molecular weight is 591 g/mol. The van der Waals surface area contributed by atoms with E-state index < -0.39 is 28.9 Å². The van der Waals surface area contributed by atoms with Crippen LogP contribution in [0.4, 0.5) is 31.8 Å². The quantitative estimate of drug-likeness (QED) is 0.214. The average Bonchev–Trinajstić information content (AvgIpc) is 3.00. The van der Waals surface area contributed by atoms with Gasteiger partial charge < -0.3 is 30.9 Å². The molecule has 1 aliphatic rings. The Balaban J connectivity index is 1.51. The van der Waals surface area contributed by atoms with Crippen molar-refractivity contribution in [3.63, 3.8) is 0 Å². The first-order chi connectivity index (χ1) is 20.7. The monoisotopic (exact) mass is 590 g/mol. The van der Waals surface area contributed by atoms with Gasteiger partial charge in [-0.05, 0) is 36.4 Å². The summed E-state index contributed by atoms with van der Waals surface area (Å²) in [5.74, 6) is -3.73. The van der Waals surface area contributed by atoms with Crippen LogP contribution in [0, 0.1) is 11.6 Å². The van der Waals surface area contributed by atoms with E-state index in [0.29, 0.717) is 44.1 Å². The van der Waals surface area contributed by atoms with E-state index in [4.69, 9.17) is 10.8 Å². The second-order valence-corrected chi connectivity index (χ2v) is 9.72. The van der Waals surface area contributed by atoms with Crippen LogP contribution in [0.15, 0.2) is 66.2 Å². The highest BCUT2D eigenvalue weighted by Crippen LogP contribution is 2.29. The van der Waals surface area contributed by atoms with E-state index in [-0.39, 0.29) is 40.5 Å². The molecule has 0 bridgehead atoms. The van der Waals surface area contributed by atoms with Crippen LogP contribution < -0.4 is 26.7 Å². The third-order valence-corrected chi connectivity index (χ3v) is 7.02. The van der Waals surface area contributed by atoms with Crippen LogP contribution >= 0.6 is 0 Å². The van der Waals surface area contributed by atoms with E-state index >= 15 is 8.78 Å². The molecule has 4 aromatic rings. The van der Waals surface area contributed by atoms with Crippen LogP contribution in [0.3, 0.4) is 0 Å². The minimum Gasteiger partial charge on any atom is -0.395 e. The zero-order valence-electron chi connectivity index (χ0n) is 22.9. The van der Waals surface area contributed by atoms with Gasteiger partial charge in [-0.25, -0.2) is 13.8 Å². The molecule has 5 N–H and O–H groups in total. The SMILES string of the molecule is C=CC(=O)Nc1cccc(-n2cc(C(N)=O)c(=O)c3cnc(Nc4ccc(N5CCN(CCO)CC5)c(F)c4F)nc32)c1. The molecule has 0 unspecified atom stereocenters. The van der Waals surface area contributed by atoms with Gasteiger partial charge in [0.05, 0.1) is 23.4 Å². The second kappa shape index (κ2) is 12.3. The normalized spacial score (nSPS) is 13.6. The summed E-state index contributed by atoms with van der Waals surface area (Å²) in [6.45, 7) is 6.13. The molecule has 12 nitrogen and oxygen atoms in total. The maximum absolute atomic E-state index is 15.2. The first kappa shape index (κ1) is 29.3. The number of nitrogens with one attached hydrogen (secondary N) is 2. The molecule has 222 valence electrons. The van der Waals surface area contributed by atoms with Crippen LogP contribution in [-0.4, -0.2) is 75.7 Å². The fourth-order valence-corrected chi connectivity index (χ4v) is 4.82. The van der Waals surface area contributed by atoms with E-state index in [2.05, 4.69) is 27.2 Å². The number of aromatic nitrogens is 3. The second-order valence-electron chi connectivity index (χ2n) is 9.72. The Kier molecular flexibility index (Phi) is 8.41. The third-order valence-electron chi connectivity index (χ3n) is 7.02. The van der Waals surface area contributed by atoms with Gasteiger partial charge in [0.25, 0.3) is 5.91 Å². The summed E-state index contributed by atoms with van der Waals surface area (Å²) >= 11 is 0. The van der Waals surface area contributed by atoms with Crippen molar-refractivity contribution in [3.05, 3.63) is 88.9 Å². The fraction of sp³-hybridized carbons (Fsp3) is 0.207. The van der Waals surface area contributed by atoms with Gasteiger partial charge in [-0.1, -0.05) is 12.6 Å². The molecule has 0 saturated carbocycles. The predicted molar refractivity (Wildman–Crippen MR) is 158 cm³/mol. The number of primary amides is 1. The number of β-amino-alcohol motifs (C(OH)–C–C–N with tert-alkyl or cyclic N) is 1. The Labute approximate surface area is 244 Å². The Morgan fingerprint density at radius 1 is 1.12 bits per heavy atom. The number of halogens is 2. The lowest BCUT2D eigenvalue weighted by Gasteiger charge is -2.36. The van der Waals surface area contributed by atoms with E-state index in [9.17, 15) is 14.4 Å². The lowest BCUT2D eigenvalue weighted by molar-refractivity contribution is -0.111. The first-order valence-electron chi connectivity index (χ1n) is 13.3. The molecule has 0 atom stereocenters. The molecular formula is C29H28F2N8O4. The number of nitrogens with two attached hydrogens (primary N) is 1. The van der Waals surface area contributed by atoms with Crippen molar-refractivity contribution in [2.45, 2.75) is 0 Å². The maximum atomic E-state index is 15.2. The van der Waals surface area contributed by atoms with Gasteiger partial charge in [-0.15, -0.1) is 0 Å². The molecule has 0 spiro atoms. The summed E-state index contributed by atoms with van der Waals surface area (Å²) in [5, 5.41) is 14.4. The minimum absolute atomic E-state index is 0.0307. The topological polar surface area (TPSA) is 159 Å². The van der Waals surface area contributed by atoms with Crippen LogP contribution in [0.2, 0.25) is 0 Å². The Morgan fingerprint density at radius 2 is 1.88 bits per heavy atom. The number of benzene rings is 2. The standard InChI is InChI=1S/C29H28F2N8O4/c1-2-23(41)34-17-4-3-5-18(14-17)39-16-20(27(32)43)26(42)19-15-33-29(36-28(19)39)35-21-6-7-22(25(31)24(21)30)38-10-8-37(9-11-38)12-13-40/h2-7,14-16,40H,1,8-13H2,(H2,32,43)(H,34,41)(H,33,35,36). The molecule has 14 heteroatoms. The number of aliphatic hydroxyl groups is 1. The number of amides is 2. The highest BCUT2D eigenvalue weighted by atomic mass is 19.2. The summed E-state index contributed by atoms with van der Waals surface area (Å²) in [7, 11) is 0. The van der Waals surface area contributed by atoms with Crippen molar-refractivity contribution in [1.29, 1.82) is 0 Å². The van der Waals surface area contributed by atoms with Crippen LogP contribution in [0.1, 0.15) is 10.4 Å². The largest absolute Gasteiger partial charge is 0.395 e. The number of hydrogen-bond donors (Lipinski definition) is 4. The Morgan fingerprint density at radius 3 is 2.58 bits per heavy atom. The summed E-state index contributed by atoms with van der Waals surface area (Å²) in [5.41, 5.74) is 5.15. The molecule has 43 heavy (non-hydrogen) atoms. The van der Waals surface area contributed by atoms with Crippen LogP contribution in [-0.2, 0) is 4.79 Å². The zero-order chi connectivity index (χ0) is 30.7. The Hall–Kier alpha value is -5.21. The molecular weight excluding hydrogens is 562 g/mol. The number of nitrogens with zero attached hydrogens (tertiary/aromatic N) is 5. The number of hydrogen-bond acceptors (Lipinski definition) is 9. The number of carbonyl (C=O) groups is 2. The van der Waals surface area contributed by atoms with Crippen molar-refractivity contribution < 1.29 is 23.5 Å². The van der Waals surface area contributed by atoms with Gasteiger partial charge >= 0.3 is 0 Å². The van der Waals surface area contributed by atoms with Gasteiger partial charge in [-0.3, -0.25) is 19.3 Å². The van der Waals surface area contributed by atoms with Crippen LogP contribution in [0.5, 0.6) is 0 Å². The van der Waals surface area contributed by atoms with Gasteiger partial charge in [0, 0.05) is 56.5 Å². The molecule has 1 fully saturated rings. The molecule has 3 heterocycles. The lowest BCUT2D eigenvalue weighted by Crippen LogP contribution is -2.47. The molecule has 2 aromatic heterocycles. The number of rotatable bonds is 9. The lowest BCUT2D eigenvalue weighted by atomic mass is 10.2. The number of carbonyl (C=O) groups excluding carboxylic acids is 2. The molecule has 2 amide bonds. The fourth-order valence-electron chi connectivity index (χ4n) is 4.82. The summed E-state index contributed by atoms with van der Waals surface area (Å²) in [6, 6.07) is 9.31. The summed E-state index contributed by atoms with van der Waals surface area (Å²) in [4.78, 5) is 49.1. The number of fused-ring (bicyclic) bond motifs is 1. The smallest absolute Gasteiger partial charge is 0.254 e. The van der Waals surface area contributed by atoms with Crippen molar-refractivity contribution >= 4 is 45.9 Å². The van der Waals surface area contributed by atoms with Crippen molar-refractivity contribution in [2.24, 2.45) is 5.73 Å². The number of pyridine rings is 1. The minimum atomic E-state index is -1.13. The van der Waals surface area contributed by atoms with E-state index in [1.54, 1.807) is 29.2 Å². The van der Waals surface area contributed by atoms with Gasteiger partial charge in [0.2, 0.25) is 17.3 Å². The highest BCUT2D eigenvalue weighted by Gasteiger charge is 2.23. The third kappa shape index (κ3) is 6.05. The van der Waals surface area contributed by atoms with Gasteiger partial charge in [0.1, 0.15) is 5.56 Å². The predicted octanol–water partition coefficient (Wildman–Crippen LogP) is 2.14. The molecule has 1 saturated heterocycles. The summed E-state index contributed by atoms with van der Waals surface area (Å²) < 4.78 is 31.8. The van der Waals surface area contributed by atoms with E-state index in [1.165, 1.54) is 22.9 Å². The van der Waals surface area contributed by atoms with Crippen molar-refractivity contribution in [2.75, 3.05) is 54.9 Å². The number of anilines is 4. The summed E-state index contributed by atoms with van der Waals surface area (Å²) in [6.07, 6.45) is 3.48. The van der Waals surface area contributed by atoms with Crippen molar-refractivity contribution in [1.82, 2.24) is 19.4 Å². The zero-order valence-corrected chi connectivity index (χ0v) is 22.9. The van der Waals surface area contributed by atoms with Crippen molar-refractivity contribution in [3.8, 4) is 5.69 Å². The van der Waals surface area contributed by atoms with E-state index in [0.717, 1.165) is 12.3 Å². The highest BCUT2D eigenvalue weighted by molar-refractivity contribution is 5.99. The Bertz CT molecular complexity index is 1790. The molecule has 0 aliphatic carbocycles. The molecule has 5 rings (SSSR count). The number of piperazine rings is 1. The van der Waals surface area contributed by atoms with Crippen LogP contribution in [0.25, 0.3) is 16.7 Å². The number of aliphatic hydroxyl groups excluding tert-OH is 1.